The Morgan fingerprint density at radius 3 is 2.31 bits per heavy atom. The van der Waals surface area contributed by atoms with Crippen molar-refractivity contribution in [2.24, 2.45) is 5.92 Å². The number of carboxylic acid groups (broad SMARTS) is 1. The number of carbonyl (C=O) groups excluding carboxylic acids is 1. The lowest BCUT2D eigenvalue weighted by Gasteiger charge is -2.20. The molecule has 0 rings (SSSR count). The first-order valence-corrected chi connectivity index (χ1v) is 5.47. The van der Waals surface area contributed by atoms with Crippen LogP contribution in [0.2, 0.25) is 0 Å². The Hall–Kier alpha value is -1.10. The average Bonchev–Trinajstić information content (AvgIpc) is 2.08. The zero-order chi connectivity index (χ0) is 12.8. The van der Waals surface area contributed by atoms with Gasteiger partial charge in [0.25, 0.3) is 0 Å². The Balaban J connectivity index is 3.60. The van der Waals surface area contributed by atoms with E-state index in [1.54, 1.807) is 6.92 Å². The molecule has 0 fully saturated rings. The molecule has 0 bridgehead atoms. The highest BCUT2D eigenvalue weighted by molar-refractivity contribution is 5.76. The van der Waals surface area contributed by atoms with Crippen molar-refractivity contribution in [1.82, 2.24) is 10.6 Å². The fourth-order valence-electron chi connectivity index (χ4n) is 1.09. The molecule has 0 spiro atoms. The van der Waals surface area contributed by atoms with E-state index in [1.165, 1.54) is 0 Å². The number of nitrogens with one attached hydrogen (secondary N) is 2. The summed E-state index contributed by atoms with van der Waals surface area (Å²) in [7, 11) is 0. The number of hydrogen-bond donors (Lipinski definition) is 3. The Morgan fingerprint density at radius 1 is 1.31 bits per heavy atom. The van der Waals surface area contributed by atoms with Crippen LogP contribution in [0.1, 0.15) is 34.1 Å². The zero-order valence-corrected chi connectivity index (χ0v) is 10.5. The molecule has 0 aromatic carbocycles. The Kier molecular flexibility index (Phi) is 6.03. The summed E-state index contributed by atoms with van der Waals surface area (Å²) >= 11 is 0. The van der Waals surface area contributed by atoms with Gasteiger partial charge in [-0.3, -0.25) is 9.59 Å². The standard InChI is InChI=1S/C11H22N2O3/c1-8(10(15)16)7-12-6-5-9(14)13-11(2,3)4/h8,12H,5-7H2,1-4H3,(H,13,14)(H,15,16). The Morgan fingerprint density at radius 2 is 1.88 bits per heavy atom. The van der Waals surface area contributed by atoms with Crippen LogP contribution in [0.3, 0.4) is 0 Å². The highest BCUT2D eigenvalue weighted by Crippen LogP contribution is 1.98. The van der Waals surface area contributed by atoms with Crippen LogP contribution in [0.5, 0.6) is 0 Å². The lowest BCUT2D eigenvalue weighted by atomic mass is 10.1. The molecule has 3 N–H and O–H groups in total. The second kappa shape index (κ2) is 6.48. The quantitative estimate of drug-likeness (QED) is 0.584. The van der Waals surface area contributed by atoms with Gasteiger partial charge in [-0.2, -0.15) is 0 Å². The van der Waals surface area contributed by atoms with Gasteiger partial charge in [0.05, 0.1) is 5.92 Å². The van der Waals surface area contributed by atoms with E-state index >= 15 is 0 Å². The predicted molar refractivity (Wildman–Crippen MR) is 62.2 cm³/mol. The van der Waals surface area contributed by atoms with Gasteiger partial charge in [-0.15, -0.1) is 0 Å². The largest absolute Gasteiger partial charge is 0.481 e. The number of aliphatic carboxylic acids is 1. The molecule has 1 atom stereocenters. The van der Waals surface area contributed by atoms with Crippen molar-refractivity contribution >= 4 is 11.9 Å². The van der Waals surface area contributed by atoms with Crippen LogP contribution in [-0.2, 0) is 9.59 Å². The SMILES string of the molecule is CC(CNCCC(=O)NC(C)(C)C)C(=O)O. The van der Waals surface area contributed by atoms with E-state index in [2.05, 4.69) is 10.6 Å². The van der Waals surface area contributed by atoms with Crippen LogP contribution in [0.15, 0.2) is 0 Å². The van der Waals surface area contributed by atoms with Crippen molar-refractivity contribution < 1.29 is 14.7 Å². The molecule has 5 nitrogen and oxygen atoms in total. The number of carbonyl (C=O) groups is 2. The predicted octanol–water partition coefficient (Wildman–Crippen LogP) is 0.601. The molecule has 0 aliphatic heterocycles. The maximum absolute atomic E-state index is 11.4. The van der Waals surface area contributed by atoms with Crippen LogP contribution in [-0.4, -0.2) is 35.6 Å². The minimum absolute atomic E-state index is 0.0250. The van der Waals surface area contributed by atoms with Gasteiger partial charge < -0.3 is 15.7 Å². The van der Waals surface area contributed by atoms with Crippen molar-refractivity contribution in [2.45, 2.75) is 39.7 Å². The molecule has 1 unspecified atom stereocenters. The second-order valence-electron chi connectivity index (χ2n) is 4.99. The number of carboxylic acids is 1. The van der Waals surface area contributed by atoms with Crippen molar-refractivity contribution in [3.05, 3.63) is 0 Å². The van der Waals surface area contributed by atoms with Gasteiger partial charge in [0.2, 0.25) is 5.91 Å². The maximum atomic E-state index is 11.4. The Bertz CT molecular complexity index is 246. The summed E-state index contributed by atoms with van der Waals surface area (Å²) < 4.78 is 0. The van der Waals surface area contributed by atoms with Gasteiger partial charge in [0.15, 0.2) is 0 Å². The molecule has 0 aliphatic carbocycles. The summed E-state index contributed by atoms with van der Waals surface area (Å²) in [5.74, 6) is -1.28. The van der Waals surface area contributed by atoms with E-state index in [0.29, 0.717) is 19.5 Å². The van der Waals surface area contributed by atoms with E-state index in [-0.39, 0.29) is 11.4 Å². The lowest BCUT2D eigenvalue weighted by Crippen LogP contribution is -2.41. The first-order valence-electron chi connectivity index (χ1n) is 5.47. The summed E-state index contributed by atoms with van der Waals surface area (Å²) in [5, 5.41) is 14.4. The van der Waals surface area contributed by atoms with Gasteiger partial charge in [0.1, 0.15) is 0 Å². The van der Waals surface area contributed by atoms with Crippen molar-refractivity contribution in [3.63, 3.8) is 0 Å². The monoisotopic (exact) mass is 230 g/mol. The zero-order valence-electron chi connectivity index (χ0n) is 10.5. The highest BCUT2D eigenvalue weighted by atomic mass is 16.4. The van der Waals surface area contributed by atoms with E-state index < -0.39 is 11.9 Å². The van der Waals surface area contributed by atoms with Crippen LogP contribution in [0.25, 0.3) is 0 Å². The van der Waals surface area contributed by atoms with E-state index in [1.807, 2.05) is 20.8 Å². The second-order valence-corrected chi connectivity index (χ2v) is 4.99. The van der Waals surface area contributed by atoms with E-state index in [0.717, 1.165) is 0 Å². The fourth-order valence-corrected chi connectivity index (χ4v) is 1.09. The van der Waals surface area contributed by atoms with Crippen LogP contribution in [0.4, 0.5) is 0 Å². The van der Waals surface area contributed by atoms with Gasteiger partial charge in [-0.25, -0.2) is 0 Å². The maximum Gasteiger partial charge on any atom is 0.307 e. The molecule has 0 saturated heterocycles. The molecule has 94 valence electrons. The molecule has 0 radical (unpaired) electrons. The summed E-state index contributed by atoms with van der Waals surface area (Å²) in [5.41, 5.74) is -0.217. The number of rotatable bonds is 6. The van der Waals surface area contributed by atoms with Gasteiger partial charge >= 0.3 is 5.97 Å². The third-order valence-corrected chi connectivity index (χ3v) is 1.92. The lowest BCUT2D eigenvalue weighted by molar-refractivity contribution is -0.140. The smallest absolute Gasteiger partial charge is 0.307 e. The first-order chi connectivity index (χ1) is 7.22. The summed E-state index contributed by atoms with van der Waals surface area (Å²) in [6.07, 6.45) is 0.365. The summed E-state index contributed by atoms with van der Waals surface area (Å²) in [6, 6.07) is 0. The third kappa shape index (κ3) is 8.23. The number of amides is 1. The molecule has 0 aliphatic rings. The molecular weight excluding hydrogens is 208 g/mol. The molecular formula is C11H22N2O3. The van der Waals surface area contributed by atoms with Gasteiger partial charge in [-0.1, -0.05) is 6.92 Å². The number of hydrogen-bond acceptors (Lipinski definition) is 3. The summed E-state index contributed by atoms with van der Waals surface area (Å²) in [6.45, 7) is 8.28. The van der Waals surface area contributed by atoms with E-state index in [9.17, 15) is 9.59 Å². The van der Waals surface area contributed by atoms with Crippen LogP contribution >= 0.6 is 0 Å². The first kappa shape index (κ1) is 14.9. The Labute approximate surface area is 96.6 Å². The molecule has 0 saturated carbocycles. The van der Waals surface area contributed by atoms with Crippen molar-refractivity contribution in [2.75, 3.05) is 13.1 Å². The molecule has 0 aromatic rings. The van der Waals surface area contributed by atoms with Crippen LogP contribution < -0.4 is 10.6 Å². The highest BCUT2D eigenvalue weighted by Gasteiger charge is 2.13. The molecule has 5 heteroatoms. The minimum Gasteiger partial charge on any atom is -0.481 e. The molecule has 1 amide bonds. The van der Waals surface area contributed by atoms with Crippen molar-refractivity contribution in [3.8, 4) is 0 Å². The van der Waals surface area contributed by atoms with E-state index in [4.69, 9.17) is 5.11 Å². The fraction of sp³-hybridized carbons (Fsp3) is 0.818. The van der Waals surface area contributed by atoms with Gasteiger partial charge in [-0.05, 0) is 20.8 Å². The molecule has 0 heterocycles. The minimum atomic E-state index is -0.827. The normalized spacial score (nSPS) is 13.2. The van der Waals surface area contributed by atoms with Crippen molar-refractivity contribution in [1.29, 1.82) is 0 Å². The third-order valence-electron chi connectivity index (χ3n) is 1.92. The summed E-state index contributed by atoms with van der Waals surface area (Å²) in [4.78, 5) is 21.9. The van der Waals surface area contributed by atoms with Crippen LogP contribution in [0, 0.1) is 5.92 Å². The van der Waals surface area contributed by atoms with Gasteiger partial charge in [0, 0.05) is 25.0 Å². The topological polar surface area (TPSA) is 78.4 Å². The molecule has 16 heavy (non-hydrogen) atoms. The average molecular weight is 230 g/mol. The molecule has 0 aromatic heterocycles.